The average molecular weight is 393 g/mol. The van der Waals surface area contributed by atoms with E-state index < -0.39 is 0 Å². The van der Waals surface area contributed by atoms with Crippen LogP contribution in [0.3, 0.4) is 0 Å². The smallest absolute Gasteiger partial charge is 0.181 e. The van der Waals surface area contributed by atoms with E-state index in [1.54, 1.807) is 0 Å². The van der Waals surface area contributed by atoms with Crippen molar-refractivity contribution in [2.24, 2.45) is 0 Å². The minimum absolute atomic E-state index is 0.875. The highest BCUT2D eigenvalue weighted by atomic mass is 32.1. The van der Waals surface area contributed by atoms with Crippen molar-refractivity contribution in [2.75, 3.05) is 32.7 Å². The quantitative estimate of drug-likeness (QED) is 0.576. The lowest BCUT2D eigenvalue weighted by Gasteiger charge is -2.34. The molecule has 3 aromatic rings. The van der Waals surface area contributed by atoms with Crippen molar-refractivity contribution in [1.29, 1.82) is 0 Å². The molecule has 0 bridgehead atoms. The van der Waals surface area contributed by atoms with Crippen molar-refractivity contribution in [3.05, 3.63) is 71.0 Å². The van der Waals surface area contributed by atoms with Crippen LogP contribution in [-0.2, 0) is 13.2 Å². The van der Waals surface area contributed by atoms with Crippen molar-refractivity contribution < 1.29 is 0 Å². The summed E-state index contributed by atoms with van der Waals surface area (Å²) < 4.78 is 5.45. The lowest BCUT2D eigenvalue weighted by atomic mass is 10.2. The van der Waals surface area contributed by atoms with E-state index >= 15 is 0 Å². The molecule has 1 saturated heterocycles. The van der Waals surface area contributed by atoms with E-state index in [0.29, 0.717) is 0 Å². The van der Waals surface area contributed by atoms with Gasteiger partial charge in [-0.25, -0.2) is 0 Å². The largest absolute Gasteiger partial charge is 0.317 e. The zero-order valence-corrected chi connectivity index (χ0v) is 17.3. The summed E-state index contributed by atoms with van der Waals surface area (Å²) in [5.41, 5.74) is 3.74. The molecule has 1 fully saturated rings. The van der Waals surface area contributed by atoms with Crippen LogP contribution in [0.15, 0.2) is 60.7 Å². The molecular formula is C23H28N4S. The zero-order valence-electron chi connectivity index (χ0n) is 16.5. The Bertz CT molecular complexity index is 994. The number of hydrogen-bond donors (Lipinski definition) is 0. The van der Waals surface area contributed by atoms with Gasteiger partial charge in [0, 0.05) is 39.3 Å². The fourth-order valence-corrected chi connectivity index (χ4v) is 4.31. The highest BCUT2D eigenvalue weighted by Crippen LogP contribution is 2.19. The molecule has 1 aromatic heterocycles. The highest BCUT2D eigenvalue weighted by molar-refractivity contribution is 7.71. The molecule has 4 rings (SSSR count). The number of rotatable bonds is 6. The molecule has 28 heavy (non-hydrogen) atoms. The second-order valence-corrected chi connectivity index (χ2v) is 7.68. The Morgan fingerprint density at radius 3 is 2.11 bits per heavy atom. The number of imidazole rings is 1. The normalized spacial score (nSPS) is 16.3. The summed E-state index contributed by atoms with van der Waals surface area (Å²) in [5.74, 6) is 0. The Morgan fingerprint density at radius 2 is 1.43 bits per heavy atom. The molecule has 0 atom stereocenters. The van der Waals surface area contributed by atoms with Gasteiger partial charge in [-0.3, -0.25) is 9.80 Å². The first-order chi connectivity index (χ1) is 13.8. The number of aryl methyl sites for hydroxylation is 1. The third kappa shape index (κ3) is 4.12. The van der Waals surface area contributed by atoms with Crippen LogP contribution in [0.4, 0.5) is 0 Å². The fraction of sp³-hybridized carbons (Fsp3) is 0.348. The molecule has 0 N–H and O–H groups in total. The summed E-state index contributed by atoms with van der Waals surface area (Å²) in [6.45, 7) is 9.30. The number of benzene rings is 2. The number of para-hydroxylation sites is 2. The van der Waals surface area contributed by atoms with E-state index in [9.17, 15) is 0 Å². The first-order valence-electron chi connectivity index (χ1n) is 10.1. The molecule has 2 heterocycles. The van der Waals surface area contributed by atoms with Gasteiger partial charge in [-0.1, -0.05) is 54.6 Å². The molecule has 1 aliphatic rings. The van der Waals surface area contributed by atoms with Crippen LogP contribution < -0.4 is 0 Å². The van der Waals surface area contributed by atoms with E-state index in [1.165, 1.54) is 16.6 Å². The van der Waals surface area contributed by atoms with Crippen LogP contribution >= 0.6 is 12.2 Å². The second-order valence-electron chi connectivity index (χ2n) is 7.32. The van der Waals surface area contributed by atoms with Crippen LogP contribution in [0.5, 0.6) is 0 Å². The Hall–Kier alpha value is -2.21. The summed E-state index contributed by atoms with van der Waals surface area (Å²) >= 11 is 5.77. The van der Waals surface area contributed by atoms with Crippen molar-refractivity contribution in [3.8, 4) is 0 Å². The summed E-state index contributed by atoms with van der Waals surface area (Å²) in [5, 5.41) is 0. The molecule has 0 saturated carbocycles. The van der Waals surface area contributed by atoms with Gasteiger partial charge in [0.2, 0.25) is 0 Å². The molecule has 146 valence electrons. The predicted molar refractivity (Wildman–Crippen MR) is 120 cm³/mol. The van der Waals surface area contributed by atoms with Crippen LogP contribution in [0, 0.1) is 4.77 Å². The summed E-state index contributed by atoms with van der Waals surface area (Å²) in [6.07, 6.45) is 4.49. The maximum Gasteiger partial charge on any atom is 0.181 e. The van der Waals surface area contributed by atoms with E-state index in [0.717, 1.165) is 50.7 Å². The third-order valence-electron chi connectivity index (χ3n) is 5.52. The molecule has 5 heteroatoms. The fourth-order valence-electron chi connectivity index (χ4n) is 3.93. The predicted octanol–water partition coefficient (Wildman–Crippen LogP) is 4.48. The lowest BCUT2D eigenvalue weighted by Crippen LogP contribution is -2.46. The Morgan fingerprint density at radius 1 is 0.821 bits per heavy atom. The highest BCUT2D eigenvalue weighted by Gasteiger charge is 2.18. The number of nitrogens with zero attached hydrogens (tertiary/aromatic N) is 4. The minimum Gasteiger partial charge on any atom is -0.317 e. The molecule has 0 amide bonds. The summed E-state index contributed by atoms with van der Waals surface area (Å²) in [7, 11) is 0. The van der Waals surface area contributed by atoms with Crippen molar-refractivity contribution in [1.82, 2.24) is 18.9 Å². The zero-order chi connectivity index (χ0) is 19.3. The number of piperazine rings is 1. The standard InChI is InChI=1S/C23H28N4S/c1-2-26-21-12-6-7-13-22(21)27(23(26)28)19-25-17-15-24(16-18-25)14-8-11-20-9-4-3-5-10-20/h3-13H,2,14-19H2,1H3/b11-8+. The van der Waals surface area contributed by atoms with Crippen molar-refractivity contribution in [3.63, 3.8) is 0 Å². The molecule has 2 aromatic carbocycles. The summed E-state index contributed by atoms with van der Waals surface area (Å²) in [4.78, 5) is 5.03. The van der Waals surface area contributed by atoms with Gasteiger partial charge in [-0.15, -0.1) is 0 Å². The Kier molecular flexibility index (Phi) is 6.05. The maximum atomic E-state index is 5.77. The van der Waals surface area contributed by atoms with E-state index in [2.05, 4.69) is 92.6 Å². The molecule has 4 nitrogen and oxygen atoms in total. The monoisotopic (exact) mass is 392 g/mol. The molecular weight excluding hydrogens is 364 g/mol. The molecule has 0 spiro atoms. The van der Waals surface area contributed by atoms with Gasteiger partial charge >= 0.3 is 0 Å². The van der Waals surface area contributed by atoms with Crippen LogP contribution in [0.25, 0.3) is 17.1 Å². The van der Waals surface area contributed by atoms with Crippen molar-refractivity contribution >= 4 is 29.3 Å². The lowest BCUT2D eigenvalue weighted by molar-refractivity contribution is 0.116. The SMILES string of the molecule is CCn1c(=S)n(CN2CCN(C/C=C/c3ccccc3)CC2)c2ccccc21. The Labute approximate surface area is 172 Å². The number of fused-ring (bicyclic) bond motifs is 1. The third-order valence-corrected chi connectivity index (χ3v) is 5.96. The van der Waals surface area contributed by atoms with Gasteiger partial charge in [0.25, 0.3) is 0 Å². The van der Waals surface area contributed by atoms with Gasteiger partial charge in [-0.2, -0.15) is 0 Å². The van der Waals surface area contributed by atoms with Crippen LogP contribution in [-0.4, -0.2) is 51.7 Å². The van der Waals surface area contributed by atoms with Crippen molar-refractivity contribution in [2.45, 2.75) is 20.1 Å². The molecule has 1 aliphatic heterocycles. The molecule has 0 radical (unpaired) electrons. The molecule has 0 aliphatic carbocycles. The van der Waals surface area contributed by atoms with Gasteiger partial charge in [0.1, 0.15) is 0 Å². The van der Waals surface area contributed by atoms with Crippen LogP contribution in [0.2, 0.25) is 0 Å². The van der Waals surface area contributed by atoms with E-state index in [1.807, 2.05) is 0 Å². The van der Waals surface area contributed by atoms with Crippen LogP contribution in [0.1, 0.15) is 12.5 Å². The topological polar surface area (TPSA) is 16.3 Å². The number of aromatic nitrogens is 2. The Balaban J connectivity index is 1.36. The van der Waals surface area contributed by atoms with Gasteiger partial charge in [0.15, 0.2) is 4.77 Å². The maximum absolute atomic E-state index is 5.77. The van der Waals surface area contributed by atoms with E-state index in [4.69, 9.17) is 12.2 Å². The summed E-state index contributed by atoms with van der Waals surface area (Å²) in [6, 6.07) is 19.1. The first-order valence-corrected chi connectivity index (χ1v) is 10.5. The first kappa shape index (κ1) is 19.1. The van der Waals surface area contributed by atoms with E-state index in [-0.39, 0.29) is 0 Å². The second kappa shape index (κ2) is 8.86. The minimum atomic E-state index is 0.875. The van der Waals surface area contributed by atoms with Gasteiger partial charge in [0.05, 0.1) is 17.7 Å². The molecule has 0 unspecified atom stereocenters. The van der Waals surface area contributed by atoms with Gasteiger partial charge in [-0.05, 0) is 36.8 Å². The van der Waals surface area contributed by atoms with Gasteiger partial charge < -0.3 is 9.13 Å². The average Bonchev–Trinajstić information content (AvgIpc) is 3.01. The number of hydrogen-bond acceptors (Lipinski definition) is 3.